The molecular weight excluding hydrogens is 208 g/mol. The van der Waals surface area contributed by atoms with Crippen molar-refractivity contribution in [3.05, 3.63) is 70.8 Å². The Labute approximate surface area is 101 Å². The summed E-state index contributed by atoms with van der Waals surface area (Å²) in [5, 5.41) is 0. The lowest BCUT2D eigenvalue weighted by atomic mass is 9.98. The highest BCUT2D eigenvalue weighted by atomic mass is 16.1. The highest BCUT2D eigenvalue weighted by Gasteiger charge is 2.11. The predicted molar refractivity (Wildman–Crippen MR) is 69.0 cm³/mol. The summed E-state index contributed by atoms with van der Waals surface area (Å²) in [4.78, 5) is 12.2. The fraction of sp³-hybridized carbons (Fsp3) is 0.0625. The van der Waals surface area contributed by atoms with Crippen LogP contribution >= 0.6 is 0 Å². The minimum absolute atomic E-state index is 0.0291. The number of carbonyl (C=O) groups is 1. The van der Waals surface area contributed by atoms with E-state index in [9.17, 15) is 4.79 Å². The Hall–Kier alpha value is -2.33. The van der Waals surface area contributed by atoms with Gasteiger partial charge < -0.3 is 0 Å². The molecule has 0 saturated heterocycles. The maximum atomic E-state index is 12.2. The van der Waals surface area contributed by atoms with Crippen molar-refractivity contribution in [1.29, 1.82) is 0 Å². The van der Waals surface area contributed by atoms with Crippen molar-refractivity contribution >= 4 is 5.78 Å². The quantitative estimate of drug-likeness (QED) is 0.561. The number of terminal acetylenes is 1. The summed E-state index contributed by atoms with van der Waals surface area (Å²) >= 11 is 0. The van der Waals surface area contributed by atoms with Crippen LogP contribution in [0, 0.1) is 19.3 Å². The predicted octanol–water partition coefficient (Wildman–Crippen LogP) is 3.21. The first kappa shape index (κ1) is 11.2. The number of carbonyl (C=O) groups excluding carboxylic acids is 1. The Morgan fingerprint density at radius 3 is 2.35 bits per heavy atom. The fourth-order valence-electron chi connectivity index (χ4n) is 1.67. The number of aryl methyl sites for hydroxylation is 1. The highest BCUT2D eigenvalue weighted by Crippen LogP contribution is 2.14. The van der Waals surface area contributed by atoms with Crippen molar-refractivity contribution < 1.29 is 4.79 Å². The van der Waals surface area contributed by atoms with Crippen LogP contribution in [-0.4, -0.2) is 5.78 Å². The van der Waals surface area contributed by atoms with Gasteiger partial charge in [0.1, 0.15) is 0 Å². The maximum absolute atomic E-state index is 12.2. The van der Waals surface area contributed by atoms with Gasteiger partial charge in [-0.25, -0.2) is 0 Å². The summed E-state index contributed by atoms with van der Waals surface area (Å²) in [6.07, 6.45) is 5.39. The Morgan fingerprint density at radius 2 is 1.71 bits per heavy atom. The van der Waals surface area contributed by atoms with Crippen LogP contribution < -0.4 is 0 Å². The molecule has 0 atom stereocenters. The van der Waals surface area contributed by atoms with E-state index in [0.717, 1.165) is 5.56 Å². The molecule has 0 aliphatic heterocycles. The summed E-state index contributed by atoms with van der Waals surface area (Å²) in [6.45, 7) is 1.99. The zero-order valence-corrected chi connectivity index (χ0v) is 9.60. The zero-order valence-electron chi connectivity index (χ0n) is 9.60. The van der Waals surface area contributed by atoms with Crippen molar-refractivity contribution in [2.75, 3.05) is 0 Å². The van der Waals surface area contributed by atoms with E-state index in [1.165, 1.54) is 0 Å². The van der Waals surface area contributed by atoms with Gasteiger partial charge >= 0.3 is 0 Å². The molecule has 0 bridgehead atoms. The van der Waals surface area contributed by atoms with Crippen molar-refractivity contribution in [3.63, 3.8) is 0 Å². The standard InChI is InChI=1S/C16H12O/c1-3-13-6-4-5-7-15(13)16(17)14-10-8-12(2)9-11-14/h1,4-11H,2H3. The summed E-state index contributed by atoms with van der Waals surface area (Å²) in [7, 11) is 0. The average molecular weight is 220 g/mol. The first-order chi connectivity index (χ1) is 8.22. The average Bonchev–Trinajstić information content (AvgIpc) is 2.39. The minimum atomic E-state index is -0.0291. The normalized spacial score (nSPS) is 9.65. The molecule has 1 nitrogen and oxygen atoms in total. The van der Waals surface area contributed by atoms with Gasteiger partial charge in [0.25, 0.3) is 0 Å². The first-order valence-electron chi connectivity index (χ1n) is 5.39. The maximum Gasteiger partial charge on any atom is 0.194 e. The Balaban J connectivity index is 2.44. The van der Waals surface area contributed by atoms with Gasteiger partial charge in [0.05, 0.1) is 0 Å². The number of benzene rings is 2. The van der Waals surface area contributed by atoms with Crippen LogP contribution in [0.2, 0.25) is 0 Å². The molecule has 17 heavy (non-hydrogen) atoms. The number of hydrogen-bond acceptors (Lipinski definition) is 1. The van der Waals surface area contributed by atoms with Crippen molar-refractivity contribution in [2.24, 2.45) is 0 Å². The summed E-state index contributed by atoms with van der Waals surface area (Å²) in [6, 6.07) is 14.7. The lowest BCUT2D eigenvalue weighted by molar-refractivity contribution is 0.103. The molecule has 0 heterocycles. The van der Waals surface area contributed by atoms with E-state index in [1.807, 2.05) is 43.3 Å². The van der Waals surface area contributed by atoms with Gasteiger partial charge in [-0.1, -0.05) is 47.9 Å². The number of hydrogen-bond donors (Lipinski definition) is 0. The third kappa shape index (κ3) is 2.26. The van der Waals surface area contributed by atoms with E-state index in [4.69, 9.17) is 6.42 Å². The molecule has 82 valence electrons. The zero-order chi connectivity index (χ0) is 12.3. The molecular formula is C16H12O. The number of rotatable bonds is 2. The molecule has 2 aromatic rings. The number of ketones is 1. The van der Waals surface area contributed by atoms with E-state index in [0.29, 0.717) is 16.7 Å². The third-order valence-electron chi connectivity index (χ3n) is 2.64. The highest BCUT2D eigenvalue weighted by molar-refractivity contribution is 6.10. The van der Waals surface area contributed by atoms with E-state index >= 15 is 0 Å². The van der Waals surface area contributed by atoms with Crippen molar-refractivity contribution in [2.45, 2.75) is 6.92 Å². The second-order valence-corrected chi connectivity index (χ2v) is 3.89. The lowest BCUT2D eigenvalue weighted by Gasteiger charge is -2.04. The molecule has 0 fully saturated rings. The SMILES string of the molecule is C#Cc1ccccc1C(=O)c1ccc(C)cc1. The van der Waals surface area contributed by atoms with Crippen LogP contribution in [-0.2, 0) is 0 Å². The van der Waals surface area contributed by atoms with Crippen LogP contribution in [0.15, 0.2) is 48.5 Å². The van der Waals surface area contributed by atoms with Crippen molar-refractivity contribution in [1.82, 2.24) is 0 Å². The Morgan fingerprint density at radius 1 is 1.06 bits per heavy atom. The van der Waals surface area contributed by atoms with Crippen LogP contribution in [0.25, 0.3) is 0 Å². The molecule has 0 saturated carbocycles. The second kappa shape index (κ2) is 4.67. The van der Waals surface area contributed by atoms with Gasteiger partial charge in [0.15, 0.2) is 5.78 Å². The molecule has 0 spiro atoms. The molecule has 0 amide bonds. The topological polar surface area (TPSA) is 17.1 Å². The molecule has 0 aliphatic carbocycles. The summed E-state index contributed by atoms with van der Waals surface area (Å²) in [5.74, 6) is 2.51. The largest absolute Gasteiger partial charge is 0.289 e. The van der Waals surface area contributed by atoms with Gasteiger partial charge in [0.2, 0.25) is 0 Å². The monoisotopic (exact) mass is 220 g/mol. The van der Waals surface area contributed by atoms with Gasteiger partial charge in [-0.3, -0.25) is 4.79 Å². The van der Waals surface area contributed by atoms with Crippen molar-refractivity contribution in [3.8, 4) is 12.3 Å². The molecule has 0 N–H and O–H groups in total. The van der Waals surface area contributed by atoms with Gasteiger partial charge in [-0.15, -0.1) is 6.42 Å². The summed E-state index contributed by atoms with van der Waals surface area (Å²) in [5.41, 5.74) is 3.02. The molecule has 0 unspecified atom stereocenters. The lowest BCUT2D eigenvalue weighted by Crippen LogP contribution is -2.03. The second-order valence-electron chi connectivity index (χ2n) is 3.89. The van der Waals surface area contributed by atoms with Gasteiger partial charge in [0, 0.05) is 16.7 Å². The molecule has 1 heteroatoms. The van der Waals surface area contributed by atoms with E-state index in [-0.39, 0.29) is 5.78 Å². The van der Waals surface area contributed by atoms with E-state index in [1.54, 1.807) is 12.1 Å². The molecule has 0 aromatic heterocycles. The van der Waals surface area contributed by atoms with Gasteiger partial charge in [-0.2, -0.15) is 0 Å². The summed E-state index contributed by atoms with van der Waals surface area (Å²) < 4.78 is 0. The third-order valence-corrected chi connectivity index (χ3v) is 2.64. The van der Waals surface area contributed by atoms with Crippen LogP contribution in [0.3, 0.4) is 0 Å². The Kier molecular flexibility index (Phi) is 3.07. The fourth-order valence-corrected chi connectivity index (χ4v) is 1.67. The molecule has 2 rings (SSSR count). The van der Waals surface area contributed by atoms with Crippen LogP contribution in [0.1, 0.15) is 27.0 Å². The molecule has 2 aromatic carbocycles. The smallest absolute Gasteiger partial charge is 0.194 e. The van der Waals surface area contributed by atoms with Gasteiger partial charge in [-0.05, 0) is 19.1 Å². The minimum Gasteiger partial charge on any atom is -0.289 e. The molecule has 0 radical (unpaired) electrons. The van der Waals surface area contributed by atoms with E-state index < -0.39 is 0 Å². The van der Waals surface area contributed by atoms with E-state index in [2.05, 4.69) is 5.92 Å². The Bertz CT molecular complexity index is 586. The van der Waals surface area contributed by atoms with Crippen LogP contribution in [0.5, 0.6) is 0 Å². The first-order valence-corrected chi connectivity index (χ1v) is 5.39. The molecule has 0 aliphatic rings. The van der Waals surface area contributed by atoms with Crippen LogP contribution in [0.4, 0.5) is 0 Å².